The third kappa shape index (κ3) is 4.36. The summed E-state index contributed by atoms with van der Waals surface area (Å²) in [6.07, 6.45) is 4.11. The fraction of sp³-hybridized carbons (Fsp3) is 0.619. The predicted octanol–water partition coefficient (Wildman–Crippen LogP) is 2.27. The Morgan fingerprint density at radius 2 is 1.55 bits per heavy atom. The molecule has 0 unspecified atom stereocenters. The van der Waals surface area contributed by atoms with E-state index >= 15 is 0 Å². The van der Waals surface area contributed by atoms with Crippen LogP contribution in [0.4, 0.5) is 11.6 Å². The Balaban J connectivity index is 1.39. The van der Waals surface area contributed by atoms with Crippen molar-refractivity contribution in [3.63, 3.8) is 0 Å². The minimum Gasteiger partial charge on any atom is -0.361 e. The summed E-state index contributed by atoms with van der Waals surface area (Å²) < 4.78 is 5.18. The van der Waals surface area contributed by atoms with Crippen molar-refractivity contribution in [2.24, 2.45) is 0 Å². The van der Waals surface area contributed by atoms with E-state index in [1.165, 1.54) is 19.3 Å². The van der Waals surface area contributed by atoms with Crippen molar-refractivity contribution in [1.29, 1.82) is 0 Å². The molecular weight excluding hydrogens is 368 g/mol. The van der Waals surface area contributed by atoms with Gasteiger partial charge in [-0.2, -0.15) is 0 Å². The molecule has 2 aromatic rings. The topological polar surface area (TPSA) is 78.6 Å². The molecule has 4 rings (SSSR count). The van der Waals surface area contributed by atoms with Crippen LogP contribution >= 0.6 is 0 Å². The molecule has 4 heterocycles. The van der Waals surface area contributed by atoms with E-state index < -0.39 is 0 Å². The highest BCUT2D eigenvalue weighted by molar-refractivity contribution is 5.79. The lowest BCUT2D eigenvalue weighted by Gasteiger charge is -2.36. The van der Waals surface area contributed by atoms with Crippen molar-refractivity contribution >= 4 is 17.5 Å². The Bertz CT molecular complexity index is 847. The third-order valence-electron chi connectivity index (χ3n) is 5.96. The largest absolute Gasteiger partial charge is 0.361 e. The lowest BCUT2D eigenvalue weighted by atomic mass is 10.1. The number of amides is 1. The standard InChI is InChI=1S/C21H30N6O2/c1-15-18(16(2)29-24-15)13-21(28)27-11-9-26(10-12-27)20-14-19(22-17(3)23-20)25-7-5-4-6-8-25/h14H,4-13H2,1-3H3. The fourth-order valence-electron chi connectivity index (χ4n) is 4.19. The summed E-state index contributed by atoms with van der Waals surface area (Å²) in [5.41, 5.74) is 1.71. The number of aromatic nitrogens is 3. The Morgan fingerprint density at radius 1 is 0.931 bits per heavy atom. The van der Waals surface area contributed by atoms with Gasteiger partial charge in [0.15, 0.2) is 0 Å². The number of hydrogen-bond donors (Lipinski definition) is 0. The first-order valence-corrected chi connectivity index (χ1v) is 10.6. The second kappa shape index (κ2) is 8.39. The Labute approximate surface area is 171 Å². The molecule has 2 aromatic heterocycles. The first kappa shape index (κ1) is 19.7. The molecule has 2 fully saturated rings. The van der Waals surface area contributed by atoms with Gasteiger partial charge in [-0.3, -0.25) is 4.79 Å². The minimum atomic E-state index is 0.131. The maximum Gasteiger partial charge on any atom is 0.227 e. The number of piperidine rings is 1. The summed E-state index contributed by atoms with van der Waals surface area (Å²) in [6.45, 7) is 10.8. The molecule has 0 spiro atoms. The number of rotatable bonds is 4. The second-order valence-corrected chi connectivity index (χ2v) is 8.03. The summed E-state index contributed by atoms with van der Waals surface area (Å²) in [7, 11) is 0. The van der Waals surface area contributed by atoms with E-state index in [0.29, 0.717) is 19.5 Å². The quantitative estimate of drug-likeness (QED) is 0.782. The van der Waals surface area contributed by atoms with Gasteiger partial charge in [0, 0.05) is 50.9 Å². The van der Waals surface area contributed by atoms with Gasteiger partial charge in [-0.1, -0.05) is 5.16 Å². The zero-order valence-corrected chi connectivity index (χ0v) is 17.6. The van der Waals surface area contributed by atoms with Crippen LogP contribution in [-0.4, -0.2) is 65.2 Å². The molecule has 1 amide bonds. The Kier molecular flexibility index (Phi) is 5.69. The average Bonchev–Trinajstić information content (AvgIpc) is 3.06. The van der Waals surface area contributed by atoms with Crippen molar-refractivity contribution in [2.45, 2.75) is 46.5 Å². The maximum atomic E-state index is 12.7. The van der Waals surface area contributed by atoms with Crippen LogP contribution < -0.4 is 9.80 Å². The zero-order chi connectivity index (χ0) is 20.4. The molecule has 156 valence electrons. The van der Waals surface area contributed by atoms with Crippen molar-refractivity contribution < 1.29 is 9.32 Å². The van der Waals surface area contributed by atoms with Crippen molar-refractivity contribution in [1.82, 2.24) is 20.0 Å². The monoisotopic (exact) mass is 398 g/mol. The number of aryl methyl sites for hydroxylation is 3. The first-order chi connectivity index (χ1) is 14.0. The van der Waals surface area contributed by atoms with Crippen molar-refractivity contribution in [3.8, 4) is 0 Å². The molecule has 2 saturated heterocycles. The SMILES string of the molecule is Cc1nc(N2CCCCC2)cc(N2CCN(C(=O)Cc3c(C)noc3C)CC2)n1. The number of hydrogen-bond acceptors (Lipinski definition) is 7. The minimum absolute atomic E-state index is 0.131. The average molecular weight is 399 g/mol. The second-order valence-electron chi connectivity index (χ2n) is 8.03. The third-order valence-corrected chi connectivity index (χ3v) is 5.96. The van der Waals surface area contributed by atoms with Gasteiger partial charge in [0.2, 0.25) is 5.91 Å². The van der Waals surface area contributed by atoms with Gasteiger partial charge in [0.25, 0.3) is 0 Å². The van der Waals surface area contributed by atoms with Gasteiger partial charge in [-0.05, 0) is 40.0 Å². The molecule has 0 aliphatic carbocycles. The van der Waals surface area contributed by atoms with Gasteiger partial charge >= 0.3 is 0 Å². The Morgan fingerprint density at radius 3 is 2.14 bits per heavy atom. The lowest BCUT2D eigenvalue weighted by Crippen LogP contribution is -2.49. The van der Waals surface area contributed by atoms with Gasteiger partial charge in [-0.15, -0.1) is 0 Å². The van der Waals surface area contributed by atoms with Gasteiger partial charge in [0.1, 0.15) is 23.2 Å². The highest BCUT2D eigenvalue weighted by atomic mass is 16.5. The van der Waals surface area contributed by atoms with Crippen molar-refractivity contribution in [3.05, 3.63) is 28.9 Å². The van der Waals surface area contributed by atoms with E-state index in [2.05, 4.69) is 31.0 Å². The number of anilines is 2. The van der Waals surface area contributed by atoms with Crippen molar-refractivity contribution in [2.75, 3.05) is 49.1 Å². The highest BCUT2D eigenvalue weighted by Crippen LogP contribution is 2.23. The molecule has 0 N–H and O–H groups in total. The van der Waals surface area contributed by atoms with E-state index in [-0.39, 0.29) is 5.91 Å². The normalized spacial score (nSPS) is 17.7. The summed E-state index contributed by atoms with van der Waals surface area (Å²) in [5, 5.41) is 3.95. The summed E-state index contributed by atoms with van der Waals surface area (Å²) in [6, 6.07) is 2.11. The van der Waals surface area contributed by atoms with Gasteiger partial charge < -0.3 is 19.2 Å². The van der Waals surface area contributed by atoms with E-state index in [4.69, 9.17) is 4.52 Å². The van der Waals surface area contributed by atoms with Crippen LogP contribution in [0.2, 0.25) is 0 Å². The van der Waals surface area contributed by atoms with E-state index in [0.717, 1.165) is 60.7 Å². The molecule has 8 heteroatoms. The summed E-state index contributed by atoms with van der Waals surface area (Å²) >= 11 is 0. The van der Waals surface area contributed by atoms with Gasteiger partial charge in [0.05, 0.1) is 12.1 Å². The van der Waals surface area contributed by atoms with E-state index in [9.17, 15) is 4.79 Å². The molecule has 0 saturated carbocycles. The van der Waals surface area contributed by atoms with Crippen LogP contribution in [0.25, 0.3) is 0 Å². The molecule has 29 heavy (non-hydrogen) atoms. The highest BCUT2D eigenvalue weighted by Gasteiger charge is 2.25. The molecule has 2 aliphatic heterocycles. The molecule has 0 bridgehead atoms. The van der Waals surface area contributed by atoms with Crippen LogP contribution in [0.5, 0.6) is 0 Å². The number of piperazine rings is 1. The fourth-order valence-corrected chi connectivity index (χ4v) is 4.19. The summed E-state index contributed by atoms with van der Waals surface area (Å²) in [5.74, 6) is 3.67. The number of nitrogens with zero attached hydrogens (tertiary/aromatic N) is 6. The smallest absolute Gasteiger partial charge is 0.227 e. The van der Waals surface area contributed by atoms with Crippen LogP contribution in [0.15, 0.2) is 10.6 Å². The number of carbonyl (C=O) groups excluding carboxylic acids is 1. The lowest BCUT2D eigenvalue weighted by molar-refractivity contribution is -0.130. The molecule has 2 aliphatic rings. The van der Waals surface area contributed by atoms with E-state index in [1.54, 1.807) is 0 Å². The van der Waals surface area contributed by atoms with Crippen LogP contribution in [0.3, 0.4) is 0 Å². The maximum absolute atomic E-state index is 12.7. The molecule has 8 nitrogen and oxygen atoms in total. The Hall–Kier alpha value is -2.64. The molecule has 0 aromatic carbocycles. The van der Waals surface area contributed by atoms with Crippen LogP contribution in [-0.2, 0) is 11.2 Å². The molecular formula is C21H30N6O2. The molecule has 0 atom stereocenters. The van der Waals surface area contributed by atoms with E-state index in [1.807, 2.05) is 25.7 Å². The van der Waals surface area contributed by atoms with Crippen LogP contribution in [0, 0.1) is 20.8 Å². The first-order valence-electron chi connectivity index (χ1n) is 10.6. The zero-order valence-electron chi connectivity index (χ0n) is 17.6. The number of carbonyl (C=O) groups is 1. The van der Waals surface area contributed by atoms with Crippen LogP contribution in [0.1, 0.15) is 42.1 Å². The van der Waals surface area contributed by atoms with Gasteiger partial charge in [-0.25, -0.2) is 9.97 Å². The molecule has 0 radical (unpaired) electrons. The summed E-state index contributed by atoms with van der Waals surface area (Å²) in [4.78, 5) is 28.6. The predicted molar refractivity (Wildman–Crippen MR) is 111 cm³/mol.